The van der Waals surface area contributed by atoms with Gasteiger partial charge in [0.1, 0.15) is 17.2 Å². The first kappa shape index (κ1) is 15.4. The van der Waals surface area contributed by atoms with E-state index in [2.05, 4.69) is 0 Å². The summed E-state index contributed by atoms with van der Waals surface area (Å²) in [7, 11) is 0. The normalized spacial score (nSPS) is 19.0. The first-order valence-corrected chi connectivity index (χ1v) is 6.65. The number of imide groups is 1. The van der Waals surface area contributed by atoms with Gasteiger partial charge < -0.3 is 4.74 Å². The molecule has 2 rings (SSSR count). The number of carbonyl (C=O) groups excluding carboxylic acids is 2. The number of halogens is 2. The third-order valence-corrected chi connectivity index (χ3v) is 3.10. The number of likely N-dealkylation sites (tertiary alicyclic amines) is 1. The molecule has 1 aromatic rings. The van der Waals surface area contributed by atoms with Crippen LogP contribution in [0.15, 0.2) is 18.2 Å². The molecule has 1 heterocycles. The van der Waals surface area contributed by atoms with Gasteiger partial charge in [-0.05, 0) is 38.5 Å². The molecule has 1 saturated heterocycles. The monoisotopic (exact) mass is 297 g/mol. The van der Waals surface area contributed by atoms with Gasteiger partial charge in [-0.25, -0.2) is 18.5 Å². The maximum atomic E-state index is 13.2. The molecular weight excluding hydrogens is 280 g/mol. The van der Waals surface area contributed by atoms with E-state index in [1.807, 2.05) is 0 Å². The summed E-state index contributed by atoms with van der Waals surface area (Å²) in [6, 6.07) is 3.13. The van der Waals surface area contributed by atoms with Crippen LogP contribution >= 0.6 is 0 Å². The van der Waals surface area contributed by atoms with Gasteiger partial charge >= 0.3 is 6.09 Å². The van der Waals surface area contributed by atoms with Crippen molar-refractivity contribution in [3.63, 3.8) is 0 Å². The third kappa shape index (κ3) is 3.77. The molecule has 0 aliphatic carbocycles. The Balaban J connectivity index is 2.14. The molecule has 1 aliphatic heterocycles. The van der Waals surface area contributed by atoms with Crippen LogP contribution in [0, 0.1) is 11.6 Å². The summed E-state index contributed by atoms with van der Waals surface area (Å²) >= 11 is 0. The Labute approximate surface area is 121 Å². The number of amides is 2. The van der Waals surface area contributed by atoms with E-state index < -0.39 is 35.2 Å². The largest absolute Gasteiger partial charge is 0.443 e. The van der Waals surface area contributed by atoms with Gasteiger partial charge in [0.05, 0.1) is 0 Å². The van der Waals surface area contributed by atoms with Crippen molar-refractivity contribution < 1.29 is 23.1 Å². The van der Waals surface area contributed by atoms with Crippen LogP contribution in [-0.4, -0.2) is 29.0 Å². The number of rotatable bonds is 1. The number of hydrogen-bond acceptors (Lipinski definition) is 3. The molecule has 0 spiro atoms. The molecule has 0 N–H and O–H groups in total. The van der Waals surface area contributed by atoms with Gasteiger partial charge in [0.25, 0.3) is 0 Å². The molecule has 0 unspecified atom stereocenters. The molecule has 0 saturated carbocycles. The summed E-state index contributed by atoms with van der Waals surface area (Å²) in [6.07, 6.45) is -0.700. The Morgan fingerprint density at radius 2 is 1.81 bits per heavy atom. The highest BCUT2D eigenvalue weighted by atomic mass is 19.1. The summed E-state index contributed by atoms with van der Waals surface area (Å²) in [5, 5.41) is 0. The van der Waals surface area contributed by atoms with Crippen LogP contribution in [0.2, 0.25) is 0 Å². The molecular formula is C15H17F2NO3. The van der Waals surface area contributed by atoms with Crippen molar-refractivity contribution in [2.24, 2.45) is 0 Å². The predicted octanol–water partition coefficient (Wildman–Crippen LogP) is 3.22. The fraction of sp³-hybridized carbons (Fsp3) is 0.467. The summed E-state index contributed by atoms with van der Waals surface area (Å²) < 4.78 is 31.6. The summed E-state index contributed by atoms with van der Waals surface area (Å²) in [4.78, 5) is 24.8. The Bertz CT molecular complexity index is 561. The average molecular weight is 297 g/mol. The molecule has 1 aromatic carbocycles. The lowest BCUT2D eigenvalue weighted by atomic mass is 9.98. The second kappa shape index (κ2) is 5.42. The minimum Gasteiger partial charge on any atom is -0.443 e. The van der Waals surface area contributed by atoms with Gasteiger partial charge in [0.15, 0.2) is 0 Å². The second-order valence-electron chi connectivity index (χ2n) is 6.09. The van der Waals surface area contributed by atoms with Crippen LogP contribution < -0.4 is 0 Å². The van der Waals surface area contributed by atoms with E-state index in [1.165, 1.54) is 12.1 Å². The van der Waals surface area contributed by atoms with E-state index in [-0.39, 0.29) is 13.0 Å². The van der Waals surface area contributed by atoms with Crippen molar-refractivity contribution >= 4 is 12.0 Å². The standard InChI is InChI=1S/C15H17F2NO3/c1-15(2,3)21-14(20)18-8-10(6-13(18)19)9-4-11(16)7-12(17)5-9/h4-5,7,10H,6,8H2,1-3H3/t10-/m1/s1. The van der Waals surface area contributed by atoms with E-state index in [0.29, 0.717) is 5.56 Å². The molecule has 0 bridgehead atoms. The molecule has 4 nitrogen and oxygen atoms in total. The van der Waals surface area contributed by atoms with Crippen molar-refractivity contribution in [1.29, 1.82) is 0 Å². The van der Waals surface area contributed by atoms with Gasteiger partial charge in [-0.1, -0.05) is 0 Å². The lowest BCUT2D eigenvalue weighted by Crippen LogP contribution is -2.37. The zero-order valence-corrected chi connectivity index (χ0v) is 12.2. The maximum absolute atomic E-state index is 13.2. The molecule has 0 aromatic heterocycles. The molecule has 21 heavy (non-hydrogen) atoms. The number of benzene rings is 1. The third-order valence-electron chi connectivity index (χ3n) is 3.10. The van der Waals surface area contributed by atoms with Crippen LogP contribution in [0.1, 0.15) is 38.7 Å². The smallest absolute Gasteiger partial charge is 0.417 e. The molecule has 1 aliphatic rings. The summed E-state index contributed by atoms with van der Waals surface area (Å²) in [6.45, 7) is 5.16. The fourth-order valence-corrected chi connectivity index (χ4v) is 2.24. The summed E-state index contributed by atoms with van der Waals surface area (Å²) in [5.41, 5.74) is -0.340. The Hall–Kier alpha value is -1.98. The predicted molar refractivity (Wildman–Crippen MR) is 71.7 cm³/mol. The van der Waals surface area contributed by atoms with Gasteiger partial charge in [0, 0.05) is 24.9 Å². The van der Waals surface area contributed by atoms with Gasteiger partial charge in [-0.2, -0.15) is 0 Å². The van der Waals surface area contributed by atoms with Crippen molar-refractivity contribution in [1.82, 2.24) is 4.90 Å². The topological polar surface area (TPSA) is 46.6 Å². The van der Waals surface area contributed by atoms with Crippen molar-refractivity contribution in [3.05, 3.63) is 35.4 Å². The maximum Gasteiger partial charge on any atom is 0.417 e. The SMILES string of the molecule is CC(C)(C)OC(=O)N1C[C@H](c2cc(F)cc(F)c2)CC1=O. The van der Waals surface area contributed by atoms with E-state index in [4.69, 9.17) is 4.74 Å². The van der Waals surface area contributed by atoms with Crippen LogP contribution in [0.25, 0.3) is 0 Å². The number of carbonyl (C=O) groups is 2. The Morgan fingerprint density at radius 1 is 1.24 bits per heavy atom. The van der Waals surface area contributed by atoms with Crippen molar-refractivity contribution in [3.8, 4) is 0 Å². The molecule has 114 valence electrons. The van der Waals surface area contributed by atoms with Gasteiger partial charge in [-0.15, -0.1) is 0 Å². The quantitative estimate of drug-likeness (QED) is 0.799. The van der Waals surface area contributed by atoms with Gasteiger partial charge in [-0.3, -0.25) is 4.79 Å². The lowest BCUT2D eigenvalue weighted by molar-refractivity contribution is -0.126. The first-order chi connectivity index (χ1) is 9.65. The minimum absolute atomic E-state index is 0.0299. The Kier molecular flexibility index (Phi) is 3.98. The highest BCUT2D eigenvalue weighted by Crippen LogP contribution is 2.30. The molecule has 1 fully saturated rings. The highest BCUT2D eigenvalue weighted by molar-refractivity contribution is 5.94. The Morgan fingerprint density at radius 3 is 2.33 bits per heavy atom. The molecule has 2 amide bonds. The number of ether oxygens (including phenoxy) is 1. The highest BCUT2D eigenvalue weighted by Gasteiger charge is 2.37. The van der Waals surface area contributed by atoms with E-state index in [0.717, 1.165) is 11.0 Å². The second-order valence-corrected chi connectivity index (χ2v) is 6.09. The lowest BCUT2D eigenvalue weighted by Gasteiger charge is -2.23. The molecule has 1 atom stereocenters. The average Bonchev–Trinajstić information content (AvgIpc) is 2.68. The molecule has 6 heteroatoms. The fourth-order valence-electron chi connectivity index (χ4n) is 2.24. The summed E-state index contributed by atoms with van der Waals surface area (Å²) in [5.74, 6) is -2.23. The van der Waals surface area contributed by atoms with E-state index in [9.17, 15) is 18.4 Å². The van der Waals surface area contributed by atoms with Crippen LogP contribution in [0.4, 0.5) is 13.6 Å². The minimum atomic E-state index is -0.730. The number of hydrogen-bond donors (Lipinski definition) is 0. The van der Waals surface area contributed by atoms with Crippen LogP contribution in [0.3, 0.4) is 0 Å². The first-order valence-electron chi connectivity index (χ1n) is 6.65. The van der Waals surface area contributed by atoms with E-state index in [1.54, 1.807) is 20.8 Å². The van der Waals surface area contributed by atoms with Crippen molar-refractivity contribution in [2.75, 3.05) is 6.54 Å². The van der Waals surface area contributed by atoms with Crippen LogP contribution in [-0.2, 0) is 9.53 Å². The van der Waals surface area contributed by atoms with Crippen LogP contribution in [0.5, 0.6) is 0 Å². The van der Waals surface area contributed by atoms with Crippen molar-refractivity contribution in [2.45, 2.75) is 38.7 Å². The molecule has 0 radical (unpaired) electrons. The van der Waals surface area contributed by atoms with E-state index >= 15 is 0 Å². The zero-order chi connectivity index (χ0) is 15.8. The number of nitrogens with zero attached hydrogens (tertiary/aromatic N) is 1. The van der Waals surface area contributed by atoms with Gasteiger partial charge in [0.2, 0.25) is 5.91 Å². The zero-order valence-electron chi connectivity index (χ0n) is 12.2.